The SMILES string of the molecule is COC1(CC(=O)Nc2ccc(C#N)cc2F)CCC1. The van der Waals surface area contributed by atoms with Crippen molar-refractivity contribution in [1.82, 2.24) is 0 Å². The zero-order chi connectivity index (χ0) is 13.9. The molecule has 1 N–H and O–H groups in total. The second kappa shape index (κ2) is 5.37. The van der Waals surface area contributed by atoms with Crippen molar-refractivity contribution in [2.45, 2.75) is 31.3 Å². The lowest BCUT2D eigenvalue weighted by molar-refractivity contribution is -0.129. The standard InChI is InChI=1S/C14H15FN2O2/c1-19-14(5-2-6-14)8-13(18)17-12-4-3-10(9-16)7-11(12)15/h3-4,7H,2,5-6,8H2,1H3,(H,17,18). The number of benzene rings is 1. The molecule has 0 bridgehead atoms. The van der Waals surface area contributed by atoms with Crippen molar-refractivity contribution >= 4 is 11.6 Å². The summed E-state index contributed by atoms with van der Waals surface area (Å²) in [4.78, 5) is 11.9. The molecule has 0 atom stereocenters. The zero-order valence-corrected chi connectivity index (χ0v) is 10.7. The Morgan fingerprint density at radius 2 is 2.32 bits per heavy atom. The van der Waals surface area contributed by atoms with Crippen LogP contribution in [0.5, 0.6) is 0 Å². The molecule has 0 unspecified atom stereocenters. The lowest BCUT2D eigenvalue weighted by atomic mass is 9.77. The van der Waals surface area contributed by atoms with Crippen molar-refractivity contribution in [3.05, 3.63) is 29.6 Å². The van der Waals surface area contributed by atoms with E-state index in [0.717, 1.165) is 25.3 Å². The van der Waals surface area contributed by atoms with Crippen LogP contribution in [0, 0.1) is 17.1 Å². The molecule has 19 heavy (non-hydrogen) atoms. The summed E-state index contributed by atoms with van der Waals surface area (Å²) in [5.74, 6) is -0.877. The number of rotatable bonds is 4. The van der Waals surface area contributed by atoms with Gasteiger partial charge in [-0.2, -0.15) is 5.26 Å². The molecule has 1 fully saturated rings. The molecule has 0 spiro atoms. The van der Waals surface area contributed by atoms with Crippen LogP contribution in [0.15, 0.2) is 18.2 Å². The Balaban J connectivity index is 2.01. The van der Waals surface area contributed by atoms with Crippen LogP contribution in [0.3, 0.4) is 0 Å². The Labute approximate surface area is 111 Å². The monoisotopic (exact) mass is 262 g/mol. The number of halogens is 1. The summed E-state index contributed by atoms with van der Waals surface area (Å²) < 4.78 is 19.0. The van der Waals surface area contributed by atoms with Gasteiger partial charge in [-0.3, -0.25) is 4.79 Å². The molecule has 1 aromatic rings. The number of carbonyl (C=O) groups is 1. The summed E-state index contributed by atoms with van der Waals surface area (Å²) in [7, 11) is 1.59. The van der Waals surface area contributed by atoms with Crippen molar-refractivity contribution in [2.75, 3.05) is 12.4 Å². The molecule has 100 valence electrons. The molecule has 1 aliphatic rings. The molecule has 0 radical (unpaired) electrons. The van der Waals surface area contributed by atoms with Crippen molar-refractivity contribution < 1.29 is 13.9 Å². The van der Waals surface area contributed by atoms with Crippen LogP contribution in [-0.4, -0.2) is 18.6 Å². The fraction of sp³-hybridized carbons (Fsp3) is 0.429. The maximum absolute atomic E-state index is 13.6. The molecule has 0 aliphatic heterocycles. The summed E-state index contributed by atoms with van der Waals surface area (Å²) >= 11 is 0. The molecule has 0 aromatic heterocycles. The molecular formula is C14H15FN2O2. The van der Waals surface area contributed by atoms with E-state index >= 15 is 0 Å². The third kappa shape index (κ3) is 2.91. The van der Waals surface area contributed by atoms with Gasteiger partial charge in [0.1, 0.15) is 5.82 Å². The van der Waals surface area contributed by atoms with Crippen LogP contribution in [-0.2, 0) is 9.53 Å². The summed E-state index contributed by atoms with van der Waals surface area (Å²) in [6.07, 6.45) is 2.98. The number of nitrogens with zero attached hydrogens (tertiary/aromatic N) is 1. The molecule has 1 amide bonds. The van der Waals surface area contributed by atoms with Gasteiger partial charge in [-0.15, -0.1) is 0 Å². The summed E-state index contributed by atoms with van der Waals surface area (Å²) in [5, 5.41) is 11.2. The number of anilines is 1. The second-order valence-electron chi connectivity index (χ2n) is 4.77. The number of ether oxygens (including phenoxy) is 1. The van der Waals surface area contributed by atoms with Crippen molar-refractivity contribution in [1.29, 1.82) is 5.26 Å². The number of amides is 1. The van der Waals surface area contributed by atoms with Crippen LogP contribution in [0.25, 0.3) is 0 Å². The Kier molecular flexibility index (Phi) is 3.82. The molecule has 1 saturated carbocycles. The third-order valence-electron chi connectivity index (χ3n) is 3.55. The molecule has 0 saturated heterocycles. The largest absolute Gasteiger partial charge is 0.378 e. The van der Waals surface area contributed by atoms with E-state index in [1.165, 1.54) is 12.1 Å². The van der Waals surface area contributed by atoms with Gasteiger partial charge in [0.15, 0.2) is 0 Å². The van der Waals surface area contributed by atoms with Gasteiger partial charge >= 0.3 is 0 Å². The smallest absolute Gasteiger partial charge is 0.227 e. The highest BCUT2D eigenvalue weighted by Gasteiger charge is 2.39. The van der Waals surface area contributed by atoms with Gasteiger partial charge in [0.25, 0.3) is 0 Å². The summed E-state index contributed by atoms with van der Waals surface area (Å²) in [5.41, 5.74) is -0.0647. The first kappa shape index (κ1) is 13.5. The van der Waals surface area contributed by atoms with Crippen LogP contribution in [0.1, 0.15) is 31.2 Å². The lowest BCUT2D eigenvalue weighted by Gasteiger charge is -2.39. The van der Waals surface area contributed by atoms with Gasteiger partial charge in [-0.25, -0.2) is 4.39 Å². The predicted molar refractivity (Wildman–Crippen MR) is 68.0 cm³/mol. The first-order chi connectivity index (χ1) is 9.08. The average molecular weight is 262 g/mol. The Morgan fingerprint density at radius 3 is 2.79 bits per heavy atom. The van der Waals surface area contributed by atoms with E-state index in [-0.39, 0.29) is 29.2 Å². The van der Waals surface area contributed by atoms with Gasteiger partial charge < -0.3 is 10.1 Å². The quantitative estimate of drug-likeness (QED) is 0.907. The second-order valence-corrected chi connectivity index (χ2v) is 4.77. The first-order valence-electron chi connectivity index (χ1n) is 6.13. The maximum atomic E-state index is 13.6. The number of nitrogens with one attached hydrogen (secondary N) is 1. The molecule has 5 heteroatoms. The summed E-state index contributed by atoms with van der Waals surface area (Å²) in [6, 6.07) is 5.80. The third-order valence-corrected chi connectivity index (χ3v) is 3.55. The van der Waals surface area contributed by atoms with E-state index in [1.54, 1.807) is 7.11 Å². The van der Waals surface area contributed by atoms with Crippen molar-refractivity contribution in [3.8, 4) is 6.07 Å². The Morgan fingerprint density at radius 1 is 1.58 bits per heavy atom. The van der Waals surface area contributed by atoms with Gasteiger partial charge in [-0.05, 0) is 37.5 Å². The van der Waals surface area contributed by atoms with E-state index < -0.39 is 5.82 Å². The van der Waals surface area contributed by atoms with E-state index in [4.69, 9.17) is 10.00 Å². The number of methoxy groups -OCH3 is 1. The molecule has 4 nitrogen and oxygen atoms in total. The minimum Gasteiger partial charge on any atom is -0.378 e. The van der Waals surface area contributed by atoms with Crippen LogP contribution in [0.2, 0.25) is 0 Å². The molecule has 1 aliphatic carbocycles. The normalized spacial score (nSPS) is 16.3. The topological polar surface area (TPSA) is 62.1 Å². The Bertz CT molecular complexity index is 527. The zero-order valence-electron chi connectivity index (χ0n) is 10.7. The van der Waals surface area contributed by atoms with E-state index in [9.17, 15) is 9.18 Å². The summed E-state index contributed by atoms with van der Waals surface area (Å²) in [6.45, 7) is 0. The maximum Gasteiger partial charge on any atom is 0.227 e. The van der Waals surface area contributed by atoms with Crippen LogP contribution < -0.4 is 5.32 Å². The fourth-order valence-corrected chi connectivity index (χ4v) is 2.20. The number of hydrogen-bond acceptors (Lipinski definition) is 3. The van der Waals surface area contributed by atoms with Gasteiger partial charge in [0.05, 0.1) is 29.3 Å². The van der Waals surface area contributed by atoms with Gasteiger partial charge in [0.2, 0.25) is 5.91 Å². The van der Waals surface area contributed by atoms with E-state index in [2.05, 4.69) is 5.32 Å². The number of carbonyl (C=O) groups excluding carboxylic acids is 1. The minimum absolute atomic E-state index is 0.0922. The number of nitriles is 1. The van der Waals surface area contributed by atoms with Gasteiger partial charge in [-0.1, -0.05) is 0 Å². The van der Waals surface area contributed by atoms with Gasteiger partial charge in [0, 0.05) is 7.11 Å². The average Bonchev–Trinajstić information content (AvgIpc) is 2.36. The minimum atomic E-state index is -0.604. The highest BCUT2D eigenvalue weighted by molar-refractivity contribution is 5.91. The first-order valence-corrected chi connectivity index (χ1v) is 6.13. The van der Waals surface area contributed by atoms with Crippen LogP contribution >= 0.6 is 0 Å². The predicted octanol–water partition coefficient (Wildman–Crippen LogP) is 2.60. The lowest BCUT2D eigenvalue weighted by Crippen LogP contribution is -2.42. The Hall–Kier alpha value is -1.93. The highest BCUT2D eigenvalue weighted by Crippen LogP contribution is 2.38. The highest BCUT2D eigenvalue weighted by atomic mass is 19.1. The van der Waals surface area contributed by atoms with Crippen LogP contribution in [0.4, 0.5) is 10.1 Å². The van der Waals surface area contributed by atoms with Crippen molar-refractivity contribution in [3.63, 3.8) is 0 Å². The molecule has 1 aromatic carbocycles. The van der Waals surface area contributed by atoms with E-state index in [0.29, 0.717) is 0 Å². The number of hydrogen-bond donors (Lipinski definition) is 1. The van der Waals surface area contributed by atoms with E-state index in [1.807, 2.05) is 6.07 Å². The molecule has 0 heterocycles. The fourth-order valence-electron chi connectivity index (χ4n) is 2.20. The van der Waals surface area contributed by atoms with Crippen molar-refractivity contribution in [2.24, 2.45) is 0 Å². The molecule has 2 rings (SSSR count). The molecular weight excluding hydrogens is 247 g/mol.